The van der Waals surface area contributed by atoms with Gasteiger partial charge in [-0.2, -0.15) is 0 Å². The van der Waals surface area contributed by atoms with E-state index in [-0.39, 0.29) is 11.9 Å². The maximum Gasteiger partial charge on any atom is 0.323 e. The van der Waals surface area contributed by atoms with Crippen LogP contribution >= 0.6 is 0 Å². The zero-order valence-corrected chi connectivity index (χ0v) is 16.4. The van der Waals surface area contributed by atoms with Gasteiger partial charge in [0, 0.05) is 51.0 Å². The molecule has 0 aliphatic carbocycles. The van der Waals surface area contributed by atoms with Crippen molar-refractivity contribution >= 4 is 23.3 Å². The largest absolute Gasteiger partial charge is 0.340 e. The molecule has 3 rings (SSSR count). The SMILES string of the molecule is CC(=O)N1CCN(CCc2cccc(NC(=O)Nc3ccc(C)nc3)c2)CC1. The molecule has 7 nitrogen and oxygen atoms in total. The second kappa shape index (κ2) is 9.32. The van der Waals surface area contributed by atoms with Crippen LogP contribution in [0.25, 0.3) is 0 Å². The normalized spacial score (nSPS) is 14.6. The first-order valence-electron chi connectivity index (χ1n) is 9.57. The zero-order valence-electron chi connectivity index (χ0n) is 16.4. The average Bonchev–Trinajstić information content (AvgIpc) is 2.69. The van der Waals surface area contributed by atoms with Crippen molar-refractivity contribution in [2.45, 2.75) is 20.3 Å². The lowest BCUT2D eigenvalue weighted by atomic mass is 10.1. The van der Waals surface area contributed by atoms with Gasteiger partial charge in [-0.05, 0) is 43.2 Å². The third kappa shape index (κ3) is 5.79. The molecule has 1 aliphatic heterocycles. The summed E-state index contributed by atoms with van der Waals surface area (Å²) in [5, 5.41) is 5.65. The Labute approximate surface area is 165 Å². The molecule has 0 radical (unpaired) electrons. The van der Waals surface area contributed by atoms with Gasteiger partial charge in [-0.25, -0.2) is 4.79 Å². The van der Waals surface area contributed by atoms with Gasteiger partial charge in [0.2, 0.25) is 5.91 Å². The molecule has 0 unspecified atom stereocenters. The first-order chi connectivity index (χ1) is 13.5. The van der Waals surface area contributed by atoms with Gasteiger partial charge in [-0.15, -0.1) is 0 Å². The van der Waals surface area contributed by atoms with Gasteiger partial charge < -0.3 is 15.5 Å². The van der Waals surface area contributed by atoms with Crippen LogP contribution in [-0.4, -0.2) is 59.4 Å². The fourth-order valence-electron chi connectivity index (χ4n) is 3.21. The van der Waals surface area contributed by atoms with Crippen LogP contribution in [0.2, 0.25) is 0 Å². The van der Waals surface area contributed by atoms with Crippen molar-refractivity contribution in [3.8, 4) is 0 Å². The Bertz CT molecular complexity index is 814. The van der Waals surface area contributed by atoms with Crippen molar-refractivity contribution in [2.24, 2.45) is 0 Å². The summed E-state index contributed by atoms with van der Waals surface area (Å²) in [4.78, 5) is 32.0. The third-order valence-corrected chi connectivity index (χ3v) is 4.89. The summed E-state index contributed by atoms with van der Waals surface area (Å²) in [6.45, 7) is 7.87. The number of benzene rings is 1. The molecule has 3 amide bonds. The predicted molar refractivity (Wildman–Crippen MR) is 110 cm³/mol. The van der Waals surface area contributed by atoms with E-state index in [2.05, 4.69) is 26.6 Å². The second-order valence-corrected chi connectivity index (χ2v) is 7.07. The number of pyridine rings is 1. The van der Waals surface area contributed by atoms with Crippen LogP contribution < -0.4 is 10.6 Å². The summed E-state index contributed by atoms with van der Waals surface area (Å²) < 4.78 is 0. The fourth-order valence-corrected chi connectivity index (χ4v) is 3.21. The Kier molecular flexibility index (Phi) is 6.60. The molecule has 1 aromatic carbocycles. The number of hydrogen-bond donors (Lipinski definition) is 2. The molecule has 1 fully saturated rings. The summed E-state index contributed by atoms with van der Waals surface area (Å²) in [5.41, 5.74) is 3.49. The first-order valence-corrected chi connectivity index (χ1v) is 9.57. The highest BCUT2D eigenvalue weighted by molar-refractivity contribution is 5.99. The Morgan fingerprint density at radius 2 is 1.79 bits per heavy atom. The lowest BCUT2D eigenvalue weighted by molar-refractivity contribution is -0.130. The van der Waals surface area contributed by atoms with Gasteiger partial charge in [0.05, 0.1) is 11.9 Å². The van der Waals surface area contributed by atoms with E-state index in [4.69, 9.17) is 0 Å². The fraction of sp³-hybridized carbons (Fsp3) is 0.381. The Morgan fingerprint density at radius 1 is 1.04 bits per heavy atom. The standard InChI is InChI=1S/C21H27N5O2/c1-16-6-7-20(15-22-16)24-21(28)23-19-5-3-4-18(14-19)8-9-25-10-12-26(13-11-25)17(2)27/h3-7,14-15H,8-13H2,1-2H3,(H2,23,24,28). The summed E-state index contributed by atoms with van der Waals surface area (Å²) in [7, 11) is 0. The lowest BCUT2D eigenvalue weighted by Gasteiger charge is -2.34. The summed E-state index contributed by atoms with van der Waals surface area (Å²) >= 11 is 0. The van der Waals surface area contributed by atoms with E-state index in [0.717, 1.165) is 50.5 Å². The van der Waals surface area contributed by atoms with Crippen molar-refractivity contribution in [1.82, 2.24) is 14.8 Å². The second-order valence-electron chi connectivity index (χ2n) is 7.07. The number of piperazine rings is 1. The minimum atomic E-state index is -0.289. The number of anilines is 2. The smallest absolute Gasteiger partial charge is 0.323 e. The van der Waals surface area contributed by atoms with E-state index in [0.29, 0.717) is 5.69 Å². The topological polar surface area (TPSA) is 77.6 Å². The maximum atomic E-state index is 12.2. The quantitative estimate of drug-likeness (QED) is 0.835. The molecule has 0 bridgehead atoms. The van der Waals surface area contributed by atoms with Gasteiger partial charge in [-0.3, -0.25) is 14.7 Å². The van der Waals surface area contributed by atoms with Crippen LogP contribution in [0.1, 0.15) is 18.2 Å². The number of nitrogens with one attached hydrogen (secondary N) is 2. The van der Waals surface area contributed by atoms with Crippen molar-refractivity contribution in [2.75, 3.05) is 43.4 Å². The molecule has 1 saturated heterocycles. The monoisotopic (exact) mass is 381 g/mol. The van der Waals surface area contributed by atoms with Crippen LogP contribution in [0.15, 0.2) is 42.6 Å². The van der Waals surface area contributed by atoms with E-state index in [1.165, 1.54) is 5.56 Å². The molecule has 148 valence electrons. The molecule has 1 aliphatic rings. The minimum Gasteiger partial charge on any atom is -0.340 e. The zero-order chi connectivity index (χ0) is 19.9. The molecule has 0 saturated carbocycles. The number of carbonyl (C=O) groups is 2. The van der Waals surface area contributed by atoms with Crippen molar-refractivity contribution < 1.29 is 9.59 Å². The van der Waals surface area contributed by atoms with Gasteiger partial charge in [-0.1, -0.05) is 12.1 Å². The molecular weight excluding hydrogens is 354 g/mol. The number of aromatic nitrogens is 1. The number of urea groups is 1. The van der Waals surface area contributed by atoms with E-state index < -0.39 is 0 Å². The van der Waals surface area contributed by atoms with Crippen LogP contribution in [0.3, 0.4) is 0 Å². The number of aryl methyl sites for hydroxylation is 1. The Hall–Kier alpha value is -2.93. The molecule has 0 atom stereocenters. The molecule has 2 heterocycles. The molecule has 2 N–H and O–H groups in total. The van der Waals surface area contributed by atoms with E-state index >= 15 is 0 Å². The van der Waals surface area contributed by atoms with Crippen LogP contribution in [0.4, 0.5) is 16.2 Å². The van der Waals surface area contributed by atoms with Crippen molar-refractivity contribution in [3.63, 3.8) is 0 Å². The van der Waals surface area contributed by atoms with Crippen LogP contribution in [0.5, 0.6) is 0 Å². The predicted octanol–water partition coefficient (Wildman–Crippen LogP) is 2.74. The maximum absolute atomic E-state index is 12.2. The summed E-state index contributed by atoms with van der Waals surface area (Å²) in [6.07, 6.45) is 2.54. The molecule has 2 aromatic rings. The molecular formula is C21H27N5O2. The molecule has 7 heteroatoms. The lowest BCUT2D eigenvalue weighted by Crippen LogP contribution is -2.48. The average molecular weight is 381 g/mol. The number of nitrogens with zero attached hydrogens (tertiary/aromatic N) is 3. The number of amides is 3. The Morgan fingerprint density at radius 3 is 2.46 bits per heavy atom. The Balaban J connectivity index is 1.48. The van der Waals surface area contributed by atoms with Crippen LogP contribution in [0, 0.1) is 6.92 Å². The number of hydrogen-bond acceptors (Lipinski definition) is 4. The first kappa shape index (κ1) is 19.8. The van der Waals surface area contributed by atoms with Crippen LogP contribution in [-0.2, 0) is 11.2 Å². The highest BCUT2D eigenvalue weighted by Gasteiger charge is 2.18. The van der Waals surface area contributed by atoms with Gasteiger partial charge >= 0.3 is 6.03 Å². The molecule has 28 heavy (non-hydrogen) atoms. The van der Waals surface area contributed by atoms with Crippen molar-refractivity contribution in [3.05, 3.63) is 53.9 Å². The van der Waals surface area contributed by atoms with Gasteiger partial charge in [0.15, 0.2) is 0 Å². The number of rotatable bonds is 5. The number of carbonyl (C=O) groups excluding carboxylic acids is 2. The minimum absolute atomic E-state index is 0.151. The van der Waals surface area contributed by atoms with E-state index in [9.17, 15) is 9.59 Å². The summed E-state index contributed by atoms with van der Waals surface area (Å²) in [5.74, 6) is 0.151. The van der Waals surface area contributed by atoms with Gasteiger partial charge in [0.1, 0.15) is 0 Å². The summed E-state index contributed by atoms with van der Waals surface area (Å²) in [6, 6.07) is 11.3. The van der Waals surface area contributed by atoms with E-state index in [1.807, 2.05) is 42.2 Å². The van der Waals surface area contributed by atoms with Gasteiger partial charge in [0.25, 0.3) is 0 Å². The highest BCUT2D eigenvalue weighted by Crippen LogP contribution is 2.13. The molecule has 1 aromatic heterocycles. The highest BCUT2D eigenvalue weighted by atomic mass is 16.2. The van der Waals surface area contributed by atoms with E-state index in [1.54, 1.807) is 13.1 Å². The van der Waals surface area contributed by atoms with Crippen molar-refractivity contribution in [1.29, 1.82) is 0 Å². The molecule has 0 spiro atoms. The third-order valence-electron chi connectivity index (χ3n) is 4.89.